The van der Waals surface area contributed by atoms with Crippen LogP contribution in [0.2, 0.25) is 0 Å². The van der Waals surface area contributed by atoms with Crippen LogP contribution in [0.5, 0.6) is 0 Å². The molecule has 1 aliphatic rings. The molecule has 3 aromatic rings. The largest absolute Gasteiger partial charge is 0.354 e. The number of hydrogen-bond donors (Lipinski definition) is 1. The van der Waals surface area contributed by atoms with Crippen molar-refractivity contribution in [2.45, 2.75) is 33.6 Å². The molecule has 1 saturated heterocycles. The maximum Gasteiger partial charge on any atom is 0.258 e. The highest BCUT2D eigenvalue weighted by atomic mass is 16.5. The number of benzene rings is 1. The highest BCUT2D eigenvalue weighted by molar-refractivity contribution is 5.93. The SMILES string of the molecule is Cc1cccc(C)c1NC(=O)CN1CCN(c2cc(-c3nc(C(C)C)no3)ccn2)CC1. The molecular weight excluding hydrogens is 404 g/mol. The lowest BCUT2D eigenvalue weighted by atomic mass is 10.1. The number of piperazine rings is 1. The first-order valence-electron chi connectivity index (χ1n) is 11.0. The molecule has 8 heteroatoms. The Labute approximate surface area is 188 Å². The van der Waals surface area contributed by atoms with Gasteiger partial charge in [-0.2, -0.15) is 4.98 Å². The number of nitrogens with zero attached hydrogens (tertiary/aromatic N) is 5. The minimum atomic E-state index is 0.0216. The zero-order valence-corrected chi connectivity index (χ0v) is 19.1. The molecule has 0 unspecified atom stereocenters. The van der Waals surface area contributed by atoms with Gasteiger partial charge in [0.15, 0.2) is 5.82 Å². The Morgan fingerprint density at radius 2 is 1.84 bits per heavy atom. The topological polar surface area (TPSA) is 87.4 Å². The number of amides is 1. The fraction of sp³-hybridized carbons (Fsp3) is 0.417. The van der Waals surface area contributed by atoms with E-state index in [9.17, 15) is 4.79 Å². The number of nitrogens with one attached hydrogen (secondary N) is 1. The van der Waals surface area contributed by atoms with Gasteiger partial charge in [-0.25, -0.2) is 4.98 Å². The minimum absolute atomic E-state index is 0.0216. The molecule has 0 saturated carbocycles. The summed E-state index contributed by atoms with van der Waals surface area (Å²) in [7, 11) is 0. The standard InChI is InChI=1S/C24H30N6O2/c1-16(2)23-27-24(32-28-23)19-8-9-25-20(14-19)30-12-10-29(11-13-30)15-21(31)26-22-17(3)6-5-7-18(22)4/h5-9,14,16H,10-13,15H2,1-4H3,(H,26,31). The molecule has 0 radical (unpaired) electrons. The van der Waals surface area contributed by atoms with Crippen LogP contribution in [0.3, 0.4) is 0 Å². The molecule has 1 amide bonds. The molecule has 8 nitrogen and oxygen atoms in total. The summed E-state index contributed by atoms with van der Waals surface area (Å²) in [4.78, 5) is 26.0. The van der Waals surface area contributed by atoms with Crippen molar-refractivity contribution in [2.75, 3.05) is 42.9 Å². The number of aryl methyl sites for hydroxylation is 2. The Balaban J connectivity index is 1.34. The Morgan fingerprint density at radius 1 is 1.12 bits per heavy atom. The lowest BCUT2D eigenvalue weighted by Crippen LogP contribution is -2.49. The van der Waals surface area contributed by atoms with Crippen LogP contribution < -0.4 is 10.2 Å². The molecule has 4 rings (SSSR count). The molecule has 3 heterocycles. The highest BCUT2D eigenvalue weighted by Crippen LogP contribution is 2.24. The molecule has 0 atom stereocenters. The van der Waals surface area contributed by atoms with E-state index in [1.165, 1.54) is 0 Å². The van der Waals surface area contributed by atoms with E-state index in [1.54, 1.807) is 6.20 Å². The van der Waals surface area contributed by atoms with Crippen molar-refractivity contribution in [1.29, 1.82) is 0 Å². The van der Waals surface area contributed by atoms with Crippen molar-refractivity contribution in [3.8, 4) is 11.5 Å². The second kappa shape index (κ2) is 9.48. The minimum Gasteiger partial charge on any atom is -0.354 e. The first-order chi connectivity index (χ1) is 15.4. The molecule has 168 valence electrons. The van der Waals surface area contributed by atoms with Crippen LogP contribution in [-0.2, 0) is 4.79 Å². The second-order valence-corrected chi connectivity index (χ2v) is 8.59. The highest BCUT2D eigenvalue weighted by Gasteiger charge is 2.21. The molecular formula is C24H30N6O2. The van der Waals surface area contributed by atoms with E-state index in [1.807, 2.05) is 58.0 Å². The van der Waals surface area contributed by atoms with Crippen LogP contribution in [0.1, 0.15) is 36.7 Å². The van der Waals surface area contributed by atoms with Gasteiger partial charge in [0.05, 0.1) is 6.54 Å². The first kappa shape index (κ1) is 22.0. The summed E-state index contributed by atoms with van der Waals surface area (Å²) in [6.45, 7) is 11.7. The van der Waals surface area contributed by atoms with Gasteiger partial charge >= 0.3 is 0 Å². The zero-order valence-electron chi connectivity index (χ0n) is 19.1. The van der Waals surface area contributed by atoms with Crippen LogP contribution in [0.4, 0.5) is 11.5 Å². The Bertz CT molecular complexity index is 1070. The van der Waals surface area contributed by atoms with E-state index in [0.29, 0.717) is 18.3 Å². The third-order valence-electron chi connectivity index (χ3n) is 5.76. The summed E-state index contributed by atoms with van der Waals surface area (Å²) < 4.78 is 5.42. The third kappa shape index (κ3) is 4.96. The van der Waals surface area contributed by atoms with Gasteiger partial charge < -0.3 is 14.7 Å². The van der Waals surface area contributed by atoms with Crippen molar-refractivity contribution in [3.05, 3.63) is 53.5 Å². The zero-order chi connectivity index (χ0) is 22.7. The average Bonchev–Trinajstić information content (AvgIpc) is 3.28. The van der Waals surface area contributed by atoms with Gasteiger partial charge in [0, 0.05) is 49.5 Å². The Hall–Kier alpha value is -3.26. The number of anilines is 2. The van der Waals surface area contributed by atoms with Crippen LogP contribution in [0.25, 0.3) is 11.5 Å². The molecule has 1 aromatic carbocycles. The summed E-state index contributed by atoms with van der Waals surface area (Å²) in [6, 6.07) is 9.90. The first-order valence-corrected chi connectivity index (χ1v) is 11.0. The van der Waals surface area contributed by atoms with Gasteiger partial charge in [0.2, 0.25) is 5.91 Å². The Morgan fingerprint density at radius 3 is 2.50 bits per heavy atom. The predicted octanol–water partition coefficient (Wildman–Crippen LogP) is 3.63. The van der Waals surface area contributed by atoms with Gasteiger partial charge in [0.1, 0.15) is 5.82 Å². The van der Waals surface area contributed by atoms with Crippen molar-refractivity contribution in [1.82, 2.24) is 20.0 Å². The van der Waals surface area contributed by atoms with Gasteiger partial charge in [-0.05, 0) is 37.1 Å². The van der Waals surface area contributed by atoms with E-state index in [0.717, 1.165) is 54.4 Å². The fourth-order valence-corrected chi connectivity index (χ4v) is 3.84. The maximum atomic E-state index is 12.6. The summed E-state index contributed by atoms with van der Waals surface area (Å²) in [5.74, 6) is 2.33. The number of rotatable bonds is 6. The van der Waals surface area contributed by atoms with Crippen LogP contribution in [-0.4, -0.2) is 58.7 Å². The number of aromatic nitrogens is 3. The van der Waals surface area contributed by atoms with E-state index >= 15 is 0 Å². The molecule has 1 aliphatic heterocycles. The molecule has 2 aromatic heterocycles. The van der Waals surface area contributed by atoms with E-state index < -0.39 is 0 Å². The molecule has 0 aliphatic carbocycles. The number of pyridine rings is 1. The smallest absolute Gasteiger partial charge is 0.258 e. The van der Waals surface area contributed by atoms with Crippen molar-refractivity contribution in [3.63, 3.8) is 0 Å². The van der Waals surface area contributed by atoms with Crippen molar-refractivity contribution < 1.29 is 9.32 Å². The third-order valence-corrected chi connectivity index (χ3v) is 5.76. The summed E-state index contributed by atoms with van der Waals surface area (Å²) in [5, 5.41) is 7.12. The van der Waals surface area contributed by atoms with Gasteiger partial charge in [-0.1, -0.05) is 37.2 Å². The van der Waals surface area contributed by atoms with Gasteiger partial charge in [-0.3, -0.25) is 9.69 Å². The normalized spacial score (nSPS) is 14.7. The molecule has 0 spiro atoms. The monoisotopic (exact) mass is 434 g/mol. The van der Waals surface area contributed by atoms with Crippen LogP contribution in [0, 0.1) is 13.8 Å². The summed E-state index contributed by atoms with van der Waals surface area (Å²) in [5.41, 5.74) is 3.94. The predicted molar refractivity (Wildman–Crippen MR) is 125 cm³/mol. The molecule has 32 heavy (non-hydrogen) atoms. The molecule has 1 fully saturated rings. The van der Waals surface area contributed by atoms with Gasteiger partial charge in [-0.15, -0.1) is 0 Å². The Kier molecular flexibility index (Phi) is 6.50. The number of para-hydroxylation sites is 1. The van der Waals surface area contributed by atoms with E-state index in [4.69, 9.17) is 4.52 Å². The van der Waals surface area contributed by atoms with Gasteiger partial charge in [0.25, 0.3) is 5.89 Å². The summed E-state index contributed by atoms with van der Waals surface area (Å²) in [6.07, 6.45) is 1.77. The maximum absolute atomic E-state index is 12.6. The fourth-order valence-electron chi connectivity index (χ4n) is 3.84. The lowest BCUT2D eigenvalue weighted by molar-refractivity contribution is -0.117. The summed E-state index contributed by atoms with van der Waals surface area (Å²) >= 11 is 0. The molecule has 1 N–H and O–H groups in total. The number of carbonyl (C=O) groups excluding carboxylic acids is 1. The van der Waals surface area contributed by atoms with E-state index in [2.05, 4.69) is 30.2 Å². The molecule has 0 bridgehead atoms. The van der Waals surface area contributed by atoms with Crippen LogP contribution >= 0.6 is 0 Å². The number of hydrogen-bond acceptors (Lipinski definition) is 7. The van der Waals surface area contributed by atoms with E-state index in [-0.39, 0.29) is 11.8 Å². The van der Waals surface area contributed by atoms with Crippen molar-refractivity contribution in [2.24, 2.45) is 0 Å². The quantitative estimate of drug-likeness (QED) is 0.634. The average molecular weight is 435 g/mol. The number of carbonyl (C=O) groups is 1. The second-order valence-electron chi connectivity index (χ2n) is 8.59. The van der Waals surface area contributed by atoms with Crippen LogP contribution in [0.15, 0.2) is 41.1 Å². The van der Waals surface area contributed by atoms with Crippen molar-refractivity contribution >= 4 is 17.4 Å². The lowest BCUT2D eigenvalue weighted by Gasteiger charge is -2.35.